The molecule has 0 N–H and O–H groups in total. The Morgan fingerprint density at radius 2 is 2.00 bits per heavy atom. The minimum Gasteiger partial charge on any atom is -0.460 e. The van der Waals surface area contributed by atoms with Crippen molar-refractivity contribution in [3.63, 3.8) is 0 Å². The number of hydrogen-bond donors (Lipinski definition) is 0. The summed E-state index contributed by atoms with van der Waals surface area (Å²) in [5, 5.41) is 9.86. The van der Waals surface area contributed by atoms with Crippen molar-refractivity contribution in [2.45, 2.75) is 72.6 Å². The second kappa shape index (κ2) is 9.74. The number of aromatic nitrogens is 4. The van der Waals surface area contributed by atoms with Gasteiger partial charge in [-0.25, -0.2) is 0 Å². The molecule has 0 saturated heterocycles. The van der Waals surface area contributed by atoms with Crippen LogP contribution in [0.3, 0.4) is 0 Å². The molecule has 1 aliphatic rings. The highest BCUT2D eigenvalue weighted by Crippen LogP contribution is 2.32. The SMILES string of the molecule is Cc1c(-c2noc(-c3ccc4c(cnn4C(C)C)c3)n2)ccc2c1CCN(CCC(=O)OC(C)(C)C)C2. The van der Waals surface area contributed by atoms with Gasteiger partial charge in [-0.05, 0) is 82.9 Å². The summed E-state index contributed by atoms with van der Waals surface area (Å²) in [6.45, 7) is 14.5. The first-order valence-electron chi connectivity index (χ1n) is 13.0. The number of benzene rings is 2. The molecule has 37 heavy (non-hydrogen) atoms. The Bertz CT molecular complexity index is 1440. The van der Waals surface area contributed by atoms with Gasteiger partial charge in [0.25, 0.3) is 5.89 Å². The summed E-state index contributed by atoms with van der Waals surface area (Å²) in [4.78, 5) is 19.2. The predicted molar refractivity (Wildman–Crippen MR) is 143 cm³/mol. The fourth-order valence-corrected chi connectivity index (χ4v) is 5.02. The van der Waals surface area contributed by atoms with E-state index < -0.39 is 5.60 Å². The van der Waals surface area contributed by atoms with E-state index in [1.54, 1.807) is 0 Å². The fourth-order valence-electron chi connectivity index (χ4n) is 5.02. The Morgan fingerprint density at radius 3 is 2.76 bits per heavy atom. The van der Waals surface area contributed by atoms with Crippen LogP contribution in [0.25, 0.3) is 33.7 Å². The summed E-state index contributed by atoms with van der Waals surface area (Å²) in [5.74, 6) is 0.950. The summed E-state index contributed by atoms with van der Waals surface area (Å²) < 4.78 is 13.1. The molecule has 194 valence electrons. The molecule has 5 rings (SSSR count). The zero-order chi connectivity index (χ0) is 26.3. The topological polar surface area (TPSA) is 86.3 Å². The Kier molecular flexibility index (Phi) is 6.62. The number of fused-ring (bicyclic) bond motifs is 2. The van der Waals surface area contributed by atoms with Gasteiger partial charge in [0.15, 0.2) is 0 Å². The van der Waals surface area contributed by atoms with E-state index in [1.807, 2.05) is 43.8 Å². The Morgan fingerprint density at radius 1 is 1.19 bits per heavy atom. The van der Waals surface area contributed by atoms with Gasteiger partial charge in [-0.1, -0.05) is 17.3 Å². The first-order chi connectivity index (χ1) is 17.6. The Hall–Kier alpha value is -3.52. The second-order valence-electron chi connectivity index (χ2n) is 11.1. The lowest BCUT2D eigenvalue weighted by molar-refractivity contribution is -0.155. The molecule has 1 aliphatic heterocycles. The monoisotopic (exact) mass is 501 g/mol. The van der Waals surface area contributed by atoms with Crippen molar-refractivity contribution >= 4 is 16.9 Å². The van der Waals surface area contributed by atoms with Crippen LogP contribution < -0.4 is 0 Å². The van der Waals surface area contributed by atoms with Crippen LogP contribution in [0.2, 0.25) is 0 Å². The fraction of sp³-hybridized carbons (Fsp3) is 0.448. The maximum Gasteiger partial charge on any atom is 0.307 e. The third kappa shape index (κ3) is 5.30. The van der Waals surface area contributed by atoms with Gasteiger partial charge in [-0.3, -0.25) is 14.4 Å². The van der Waals surface area contributed by atoms with E-state index in [9.17, 15) is 4.79 Å². The number of esters is 1. The van der Waals surface area contributed by atoms with Crippen LogP contribution in [-0.2, 0) is 22.5 Å². The molecule has 0 saturated carbocycles. The van der Waals surface area contributed by atoms with Crippen molar-refractivity contribution in [1.82, 2.24) is 24.8 Å². The Labute approximate surface area is 217 Å². The van der Waals surface area contributed by atoms with Gasteiger partial charge in [0.2, 0.25) is 5.82 Å². The van der Waals surface area contributed by atoms with Crippen LogP contribution in [0.4, 0.5) is 0 Å². The molecule has 2 aromatic carbocycles. The molecule has 0 unspecified atom stereocenters. The van der Waals surface area contributed by atoms with Crippen LogP contribution in [0.5, 0.6) is 0 Å². The highest BCUT2D eigenvalue weighted by atomic mass is 16.6. The number of hydrogen-bond acceptors (Lipinski definition) is 7. The van der Waals surface area contributed by atoms with E-state index in [2.05, 4.69) is 54.1 Å². The molecular weight excluding hydrogens is 466 g/mol. The van der Waals surface area contributed by atoms with Crippen LogP contribution in [0.1, 0.15) is 63.8 Å². The first-order valence-corrected chi connectivity index (χ1v) is 13.0. The molecule has 3 heterocycles. The van der Waals surface area contributed by atoms with E-state index in [1.165, 1.54) is 16.7 Å². The number of carbonyl (C=O) groups is 1. The average molecular weight is 502 g/mol. The normalized spacial score (nSPS) is 14.4. The molecule has 4 aromatic rings. The molecule has 0 amide bonds. The van der Waals surface area contributed by atoms with Gasteiger partial charge in [0.1, 0.15) is 5.60 Å². The molecule has 2 aromatic heterocycles. The van der Waals surface area contributed by atoms with Crippen molar-refractivity contribution in [1.29, 1.82) is 0 Å². The van der Waals surface area contributed by atoms with Crippen LogP contribution >= 0.6 is 0 Å². The molecule has 0 radical (unpaired) electrons. The van der Waals surface area contributed by atoms with Gasteiger partial charge in [0.05, 0.1) is 18.1 Å². The average Bonchev–Trinajstić information content (AvgIpc) is 3.49. The van der Waals surface area contributed by atoms with E-state index in [0.29, 0.717) is 30.7 Å². The lowest BCUT2D eigenvalue weighted by Crippen LogP contribution is -2.34. The molecule has 0 bridgehead atoms. The number of rotatable bonds is 6. The Balaban J connectivity index is 1.31. The lowest BCUT2D eigenvalue weighted by Gasteiger charge is -2.30. The molecule has 8 heteroatoms. The minimum absolute atomic E-state index is 0.148. The summed E-state index contributed by atoms with van der Waals surface area (Å²) in [5.41, 5.74) is 6.32. The minimum atomic E-state index is -0.447. The quantitative estimate of drug-likeness (QED) is 0.312. The molecule has 0 aliphatic carbocycles. The first kappa shape index (κ1) is 25.1. The third-order valence-electron chi connectivity index (χ3n) is 6.82. The van der Waals surface area contributed by atoms with E-state index in [-0.39, 0.29) is 5.97 Å². The maximum absolute atomic E-state index is 12.1. The molecule has 0 spiro atoms. The standard InChI is InChI=1S/C29H35N5O3/c1-18(2)34-25-10-8-20(15-22(25)16-30-34)28-31-27(32-37-28)24-9-7-21-17-33(13-11-23(21)19(24)3)14-12-26(35)36-29(4,5)6/h7-10,15-16,18H,11-14,17H2,1-6H3. The lowest BCUT2D eigenvalue weighted by atomic mass is 9.91. The molecule has 0 fully saturated rings. The number of carbonyl (C=O) groups excluding carboxylic acids is 1. The van der Waals surface area contributed by atoms with Crippen molar-refractivity contribution in [3.05, 3.63) is 53.2 Å². The van der Waals surface area contributed by atoms with Gasteiger partial charge in [-0.2, -0.15) is 10.1 Å². The summed E-state index contributed by atoms with van der Waals surface area (Å²) >= 11 is 0. The summed E-state index contributed by atoms with van der Waals surface area (Å²) in [7, 11) is 0. The maximum atomic E-state index is 12.1. The third-order valence-corrected chi connectivity index (χ3v) is 6.82. The molecule has 8 nitrogen and oxygen atoms in total. The van der Waals surface area contributed by atoms with Gasteiger partial charge in [0, 0.05) is 42.2 Å². The zero-order valence-electron chi connectivity index (χ0n) is 22.5. The summed E-state index contributed by atoms with van der Waals surface area (Å²) in [6, 6.07) is 10.6. The second-order valence-corrected chi connectivity index (χ2v) is 11.1. The van der Waals surface area contributed by atoms with Gasteiger partial charge < -0.3 is 9.26 Å². The van der Waals surface area contributed by atoms with Crippen molar-refractivity contribution in [3.8, 4) is 22.8 Å². The highest BCUT2D eigenvalue weighted by Gasteiger charge is 2.23. The van der Waals surface area contributed by atoms with E-state index >= 15 is 0 Å². The van der Waals surface area contributed by atoms with Crippen LogP contribution in [-0.4, -0.2) is 49.5 Å². The van der Waals surface area contributed by atoms with Crippen LogP contribution in [0, 0.1) is 6.92 Å². The smallest absolute Gasteiger partial charge is 0.307 e. The molecule has 0 atom stereocenters. The van der Waals surface area contributed by atoms with Crippen molar-refractivity contribution in [2.75, 3.05) is 13.1 Å². The van der Waals surface area contributed by atoms with E-state index in [0.717, 1.165) is 41.5 Å². The largest absolute Gasteiger partial charge is 0.460 e. The predicted octanol–water partition coefficient (Wildman–Crippen LogP) is 5.73. The van der Waals surface area contributed by atoms with Gasteiger partial charge in [-0.15, -0.1) is 0 Å². The van der Waals surface area contributed by atoms with E-state index in [4.69, 9.17) is 14.2 Å². The highest BCUT2D eigenvalue weighted by molar-refractivity contribution is 5.83. The zero-order valence-corrected chi connectivity index (χ0v) is 22.5. The number of ether oxygens (including phenoxy) is 1. The van der Waals surface area contributed by atoms with Crippen molar-refractivity contribution < 1.29 is 14.1 Å². The summed E-state index contributed by atoms with van der Waals surface area (Å²) in [6.07, 6.45) is 3.20. The number of nitrogens with zero attached hydrogens (tertiary/aromatic N) is 5. The van der Waals surface area contributed by atoms with Crippen molar-refractivity contribution in [2.24, 2.45) is 0 Å². The molecular formula is C29H35N5O3. The van der Waals surface area contributed by atoms with Crippen LogP contribution in [0.15, 0.2) is 41.1 Å². The van der Waals surface area contributed by atoms with Gasteiger partial charge >= 0.3 is 5.97 Å².